The van der Waals surface area contributed by atoms with Crippen LogP contribution < -0.4 is 10.1 Å². The van der Waals surface area contributed by atoms with Gasteiger partial charge in [-0.05, 0) is 50.2 Å². The third-order valence-corrected chi connectivity index (χ3v) is 7.02. The minimum atomic E-state index is -0.106. The summed E-state index contributed by atoms with van der Waals surface area (Å²) in [5.74, 6) is 0.405. The number of pyridine rings is 1. The zero-order valence-corrected chi connectivity index (χ0v) is 20.5. The van der Waals surface area contributed by atoms with Gasteiger partial charge in [0.05, 0.1) is 24.8 Å². The average Bonchev–Trinajstić information content (AvgIpc) is 3.56. The van der Waals surface area contributed by atoms with Gasteiger partial charge in [-0.15, -0.1) is 10.2 Å². The van der Waals surface area contributed by atoms with Gasteiger partial charge in [-0.2, -0.15) is 0 Å². The van der Waals surface area contributed by atoms with Crippen LogP contribution in [0.4, 0.5) is 5.69 Å². The van der Waals surface area contributed by atoms with Crippen molar-refractivity contribution in [2.75, 3.05) is 45.1 Å². The number of nitrogens with one attached hydrogen (secondary N) is 1. The van der Waals surface area contributed by atoms with Crippen LogP contribution in [0.25, 0.3) is 10.6 Å². The molecule has 5 rings (SSSR count). The first-order chi connectivity index (χ1) is 17.0. The summed E-state index contributed by atoms with van der Waals surface area (Å²) in [6, 6.07) is 8.99. The van der Waals surface area contributed by atoms with Crippen LogP contribution in [0.3, 0.4) is 0 Å². The van der Waals surface area contributed by atoms with Gasteiger partial charge in [0, 0.05) is 49.7 Å². The van der Waals surface area contributed by atoms with E-state index in [1.165, 1.54) is 11.3 Å². The molecule has 0 spiro atoms. The van der Waals surface area contributed by atoms with Crippen molar-refractivity contribution < 1.29 is 14.3 Å². The molecule has 3 heterocycles. The number of carbonyl (C=O) groups is 2. The Kier molecular flexibility index (Phi) is 7.12. The molecule has 3 aromatic rings. The maximum atomic E-state index is 13.1. The van der Waals surface area contributed by atoms with E-state index < -0.39 is 0 Å². The van der Waals surface area contributed by atoms with Crippen LogP contribution in [-0.2, 0) is 11.2 Å². The number of rotatable bonds is 9. The van der Waals surface area contributed by atoms with Crippen molar-refractivity contribution in [3.05, 3.63) is 53.3 Å². The van der Waals surface area contributed by atoms with Crippen molar-refractivity contribution in [1.29, 1.82) is 0 Å². The summed E-state index contributed by atoms with van der Waals surface area (Å²) in [4.78, 5) is 34.3. The van der Waals surface area contributed by atoms with E-state index in [9.17, 15) is 9.59 Å². The van der Waals surface area contributed by atoms with E-state index in [-0.39, 0.29) is 24.2 Å². The molecule has 1 amide bonds. The largest absolute Gasteiger partial charge is 0.488 e. The van der Waals surface area contributed by atoms with Crippen molar-refractivity contribution in [3.8, 4) is 16.3 Å². The fraction of sp³-hybridized carbons (Fsp3) is 0.400. The Bertz CT molecular complexity index is 1190. The number of ketones is 1. The number of likely N-dealkylation sites (N-methyl/N-ethyl adjacent to an activating group) is 1. The smallest absolute Gasteiger partial charge is 0.238 e. The highest BCUT2D eigenvalue weighted by Gasteiger charge is 2.26. The second-order valence-electron chi connectivity index (χ2n) is 9.00. The van der Waals surface area contributed by atoms with Crippen LogP contribution in [0.5, 0.6) is 5.75 Å². The first kappa shape index (κ1) is 23.5. The summed E-state index contributed by atoms with van der Waals surface area (Å²) in [6.45, 7) is 3.92. The predicted molar refractivity (Wildman–Crippen MR) is 134 cm³/mol. The number of hydrogen-bond donors (Lipinski definition) is 1. The normalized spacial score (nSPS) is 16.7. The maximum Gasteiger partial charge on any atom is 0.238 e. The number of benzene rings is 1. The van der Waals surface area contributed by atoms with Crippen LogP contribution in [0.1, 0.15) is 28.2 Å². The Morgan fingerprint density at radius 2 is 1.97 bits per heavy atom. The molecule has 2 aliphatic rings. The molecule has 1 aliphatic heterocycles. The van der Waals surface area contributed by atoms with E-state index >= 15 is 0 Å². The van der Waals surface area contributed by atoms with Crippen LogP contribution >= 0.6 is 11.3 Å². The number of carbonyl (C=O) groups excluding carboxylic acids is 2. The van der Waals surface area contributed by atoms with Gasteiger partial charge >= 0.3 is 0 Å². The number of piperazine rings is 1. The Morgan fingerprint density at radius 3 is 2.71 bits per heavy atom. The molecule has 1 aliphatic carbocycles. The molecule has 1 saturated carbocycles. The quantitative estimate of drug-likeness (QED) is 0.455. The summed E-state index contributed by atoms with van der Waals surface area (Å²) < 4.78 is 5.99. The van der Waals surface area contributed by atoms with Gasteiger partial charge in [0.2, 0.25) is 5.91 Å². The Labute approximate surface area is 208 Å². The van der Waals surface area contributed by atoms with Gasteiger partial charge < -0.3 is 15.0 Å². The zero-order chi connectivity index (χ0) is 24.2. The van der Waals surface area contributed by atoms with Gasteiger partial charge in [0.25, 0.3) is 0 Å². The van der Waals surface area contributed by atoms with Crippen molar-refractivity contribution in [1.82, 2.24) is 25.0 Å². The molecule has 182 valence electrons. The highest BCUT2D eigenvalue weighted by molar-refractivity contribution is 7.14. The van der Waals surface area contributed by atoms with Crippen molar-refractivity contribution in [2.24, 2.45) is 0 Å². The van der Waals surface area contributed by atoms with Gasteiger partial charge in [0.1, 0.15) is 15.8 Å². The van der Waals surface area contributed by atoms with Gasteiger partial charge in [-0.1, -0.05) is 11.3 Å². The van der Waals surface area contributed by atoms with Crippen molar-refractivity contribution in [3.63, 3.8) is 0 Å². The molecule has 9 nitrogen and oxygen atoms in total. The van der Waals surface area contributed by atoms with Crippen LogP contribution in [0.2, 0.25) is 0 Å². The minimum Gasteiger partial charge on any atom is -0.488 e. The Morgan fingerprint density at radius 1 is 1.14 bits per heavy atom. The summed E-state index contributed by atoms with van der Waals surface area (Å²) >= 11 is 1.38. The summed E-state index contributed by atoms with van der Waals surface area (Å²) in [5.41, 5.74) is 1.91. The van der Waals surface area contributed by atoms with E-state index in [1.807, 2.05) is 12.1 Å². The maximum absolute atomic E-state index is 13.1. The molecule has 2 fully saturated rings. The third-order valence-electron chi connectivity index (χ3n) is 6.04. The van der Waals surface area contributed by atoms with Crippen molar-refractivity contribution in [2.45, 2.75) is 25.4 Å². The Balaban J connectivity index is 1.27. The first-order valence-electron chi connectivity index (χ1n) is 11.8. The number of Topliss-reactive ketones (excluding diaryl/α,β-unsaturated/α-hetero) is 1. The topological polar surface area (TPSA) is 101 Å². The number of aromatic nitrogens is 3. The fourth-order valence-electron chi connectivity index (χ4n) is 3.84. The zero-order valence-electron chi connectivity index (χ0n) is 19.6. The number of ether oxygens (including phenoxy) is 1. The number of nitrogens with zero attached hydrogens (tertiary/aromatic N) is 5. The third kappa shape index (κ3) is 6.27. The highest BCUT2D eigenvalue weighted by atomic mass is 32.1. The summed E-state index contributed by atoms with van der Waals surface area (Å²) in [5, 5.41) is 12.7. The van der Waals surface area contributed by atoms with Gasteiger partial charge in [-0.3, -0.25) is 19.5 Å². The fourth-order valence-corrected chi connectivity index (χ4v) is 4.67. The lowest BCUT2D eigenvalue weighted by molar-refractivity contribution is -0.117. The van der Waals surface area contributed by atoms with Crippen molar-refractivity contribution >= 4 is 28.7 Å². The molecule has 0 unspecified atom stereocenters. The monoisotopic (exact) mass is 492 g/mol. The summed E-state index contributed by atoms with van der Waals surface area (Å²) in [6.07, 6.45) is 5.75. The molecular formula is C25H28N6O3S. The molecule has 2 aromatic heterocycles. The van der Waals surface area contributed by atoms with Gasteiger partial charge in [-0.25, -0.2) is 0 Å². The molecule has 10 heteroatoms. The SMILES string of the molecule is CN1CCN(CC(=O)Nc2cc(C(=O)Cc3nnc(-c4cccnc4)s3)ccc2OC2CC2)CC1. The molecule has 1 saturated heterocycles. The van der Waals surface area contributed by atoms with E-state index in [2.05, 4.69) is 37.3 Å². The van der Waals surface area contributed by atoms with E-state index in [0.29, 0.717) is 28.6 Å². The lowest BCUT2D eigenvalue weighted by Crippen LogP contribution is -2.47. The Hall–Kier alpha value is -3.21. The summed E-state index contributed by atoms with van der Waals surface area (Å²) in [7, 11) is 2.09. The molecular weight excluding hydrogens is 464 g/mol. The van der Waals surface area contributed by atoms with Crippen LogP contribution in [-0.4, -0.2) is 82.5 Å². The molecule has 1 N–H and O–H groups in total. The van der Waals surface area contributed by atoms with Crippen LogP contribution in [0, 0.1) is 0 Å². The van der Waals surface area contributed by atoms with Crippen LogP contribution in [0.15, 0.2) is 42.7 Å². The number of amides is 1. The molecule has 35 heavy (non-hydrogen) atoms. The molecule has 0 bridgehead atoms. The molecule has 0 atom stereocenters. The van der Waals surface area contributed by atoms with Gasteiger partial charge in [0.15, 0.2) is 5.78 Å². The highest BCUT2D eigenvalue weighted by Crippen LogP contribution is 2.33. The average molecular weight is 493 g/mol. The molecule has 0 radical (unpaired) electrons. The van der Waals surface area contributed by atoms with E-state index in [1.54, 1.807) is 30.6 Å². The lowest BCUT2D eigenvalue weighted by atomic mass is 10.1. The van der Waals surface area contributed by atoms with E-state index in [0.717, 1.165) is 49.6 Å². The standard InChI is InChI=1S/C25H28N6O3S/c1-30-9-11-31(12-10-30)16-23(33)27-20-13-17(4-7-22(20)34-19-5-6-19)21(32)14-24-28-29-25(35-24)18-3-2-8-26-15-18/h2-4,7-8,13,15,19H,5-6,9-12,14,16H2,1H3,(H,27,33). The second kappa shape index (κ2) is 10.6. The second-order valence-corrected chi connectivity index (χ2v) is 10.1. The number of anilines is 1. The molecule has 1 aromatic carbocycles. The first-order valence-corrected chi connectivity index (χ1v) is 12.6. The lowest BCUT2D eigenvalue weighted by Gasteiger charge is -2.31. The predicted octanol–water partition coefficient (Wildman–Crippen LogP) is 2.75. The number of hydrogen-bond acceptors (Lipinski definition) is 9. The van der Waals surface area contributed by atoms with E-state index in [4.69, 9.17) is 4.74 Å². The minimum absolute atomic E-state index is 0.0913.